The lowest BCUT2D eigenvalue weighted by atomic mass is 9.95. The smallest absolute Gasteiger partial charge is 0.238 e. The van der Waals surface area contributed by atoms with E-state index >= 15 is 0 Å². The molecule has 0 bridgehead atoms. The number of likely N-dealkylation sites (tertiary alicyclic amines) is 1. The summed E-state index contributed by atoms with van der Waals surface area (Å²) >= 11 is 0. The summed E-state index contributed by atoms with van der Waals surface area (Å²) < 4.78 is 22.4. The first-order valence-electron chi connectivity index (χ1n) is 8.48. The van der Waals surface area contributed by atoms with E-state index in [0.29, 0.717) is 45.3 Å². The second-order valence-corrected chi connectivity index (χ2v) is 7.80. The molecule has 1 heterocycles. The number of primary sulfonamides is 1. The van der Waals surface area contributed by atoms with Crippen molar-refractivity contribution in [2.45, 2.75) is 37.5 Å². The topological polar surface area (TPSA) is 110 Å². The minimum atomic E-state index is -3.68. The van der Waals surface area contributed by atoms with E-state index in [1.165, 1.54) is 12.1 Å². The quantitative estimate of drug-likeness (QED) is 0.769. The van der Waals surface area contributed by atoms with Crippen LogP contribution in [0.3, 0.4) is 0 Å². The summed E-state index contributed by atoms with van der Waals surface area (Å²) in [7, 11) is -3.68. The molecule has 0 atom stereocenters. The third-order valence-electron chi connectivity index (χ3n) is 4.49. The van der Waals surface area contributed by atoms with Gasteiger partial charge in [-0.1, -0.05) is 19.1 Å². The summed E-state index contributed by atoms with van der Waals surface area (Å²) in [6.07, 6.45) is 2.51. The van der Waals surface area contributed by atoms with Crippen LogP contribution in [-0.2, 0) is 26.0 Å². The van der Waals surface area contributed by atoms with Crippen LogP contribution in [0.2, 0.25) is 0 Å². The van der Waals surface area contributed by atoms with Gasteiger partial charge in [0.05, 0.1) is 4.90 Å². The molecule has 1 fully saturated rings. The summed E-state index contributed by atoms with van der Waals surface area (Å²) in [5.74, 6) is 0.109. The van der Waals surface area contributed by atoms with Gasteiger partial charge in [-0.05, 0) is 37.0 Å². The Morgan fingerprint density at radius 2 is 1.80 bits per heavy atom. The molecule has 2 amide bonds. The van der Waals surface area contributed by atoms with Crippen molar-refractivity contribution in [1.29, 1.82) is 0 Å². The van der Waals surface area contributed by atoms with E-state index in [4.69, 9.17) is 5.14 Å². The number of carbonyl (C=O) groups is 2. The molecule has 0 aromatic heterocycles. The van der Waals surface area contributed by atoms with Crippen LogP contribution in [0.25, 0.3) is 0 Å². The molecule has 3 N–H and O–H groups in total. The molecule has 0 radical (unpaired) electrons. The molecule has 1 aliphatic rings. The molecule has 7 nitrogen and oxygen atoms in total. The largest absolute Gasteiger partial charge is 0.356 e. The third-order valence-corrected chi connectivity index (χ3v) is 5.41. The van der Waals surface area contributed by atoms with E-state index in [0.717, 1.165) is 5.56 Å². The van der Waals surface area contributed by atoms with Gasteiger partial charge >= 0.3 is 0 Å². The van der Waals surface area contributed by atoms with Gasteiger partial charge < -0.3 is 10.2 Å². The number of carbonyl (C=O) groups excluding carboxylic acids is 2. The summed E-state index contributed by atoms with van der Waals surface area (Å²) in [4.78, 5) is 25.7. The van der Waals surface area contributed by atoms with Gasteiger partial charge in [0.1, 0.15) is 0 Å². The molecule has 0 saturated carbocycles. The van der Waals surface area contributed by atoms with Gasteiger partial charge in [0, 0.05) is 32.0 Å². The van der Waals surface area contributed by atoms with Gasteiger partial charge in [-0.25, -0.2) is 13.6 Å². The average Bonchev–Trinajstić information content (AvgIpc) is 2.60. The highest BCUT2D eigenvalue weighted by Gasteiger charge is 2.26. The Hall–Kier alpha value is -1.93. The zero-order chi connectivity index (χ0) is 18.4. The van der Waals surface area contributed by atoms with E-state index in [-0.39, 0.29) is 22.6 Å². The number of sulfonamides is 1. The number of amides is 2. The maximum atomic E-state index is 12.2. The molecule has 1 aromatic rings. The SMILES string of the molecule is CCC(=O)N1CCC(C(=O)NCCc2ccc(S(N)(=O)=O)cc2)CC1. The monoisotopic (exact) mass is 367 g/mol. The van der Waals surface area contributed by atoms with Gasteiger partial charge in [0.2, 0.25) is 21.8 Å². The molecule has 25 heavy (non-hydrogen) atoms. The molecule has 2 rings (SSSR count). The zero-order valence-corrected chi connectivity index (χ0v) is 15.2. The van der Waals surface area contributed by atoms with E-state index < -0.39 is 10.0 Å². The number of nitrogens with two attached hydrogens (primary N) is 1. The normalized spacial score (nSPS) is 15.8. The Labute approximate surface area is 148 Å². The first-order chi connectivity index (χ1) is 11.8. The molecule has 1 saturated heterocycles. The summed E-state index contributed by atoms with van der Waals surface area (Å²) in [5.41, 5.74) is 0.927. The number of nitrogens with zero attached hydrogens (tertiary/aromatic N) is 1. The van der Waals surface area contributed by atoms with Crippen molar-refractivity contribution in [2.75, 3.05) is 19.6 Å². The second kappa shape index (κ2) is 8.44. The highest BCUT2D eigenvalue weighted by Crippen LogP contribution is 2.18. The number of rotatable bonds is 6. The van der Waals surface area contributed by atoms with E-state index in [1.807, 2.05) is 11.8 Å². The highest BCUT2D eigenvalue weighted by atomic mass is 32.2. The van der Waals surface area contributed by atoms with Crippen molar-refractivity contribution in [1.82, 2.24) is 10.2 Å². The first kappa shape index (κ1) is 19.4. The maximum absolute atomic E-state index is 12.2. The fourth-order valence-corrected chi connectivity index (χ4v) is 3.45. The van der Waals surface area contributed by atoms with Crippen molar-refractivity contribution in [2.24, 2.45) is 11.1 Å². The molecular formula is C17H25N3O4S. The van der Waals surface area contributed by atoms with Gasteiger partial charge in [0.15, 0.2) is 0 Å². The number of benzene rings is 1. The number of hydrogen-bond donors (Lipinski definition) is 2. The molecular weight excluding hydrogens is 342 g/mol. The molecule has 8 heteroatoms. The predicted molar refractivity (Wildman–Crippen MR) is 94.1 cm³/mol. The van der Waals surface area contributed by atoms with Crippen LogP contribution in [0.5, 0.6) is 0 Å². The Balaban J connectivity index is 1.75. The minimum Gasteiger partial charge on any atom is -0.356 e. The lowest BCUT2D eigenvalue weighted by Gasteiger charge is -2.31. The van der Waals surface area contributed by atoms with Gasteiger partial charge in [-0.3, -0.25) is 9.59 Å². The molecule has 138 valence electrons. The van der Waals surface area contributed by atoms with Gasteiger partial charge in [0.25, 0.3) is 0 Å². The van der Waals surface area contributed by atoms with Crippen molar-refractivity contribution in [3.05, 3.63) is 29.8 Å². The fraction of sp³-hybridized carbons (Fsp3) is 0.529. The number of piperidine rings is 1. The number of hydrogen-bond acceptors (Lipinski definition) is 4. The van der Waals surface area contributed by atoms with Crippen LogP contribution in [0.1, 0.15) is 31.7 Å². The van der Waals surface area contributed by atoms with Crippen LogP contribution >= 0.6 is 0 Å². The van der Waals surface area contributed by atoms with Crippen molar-refractivity contribution in [3.8, 4) is 0 Å². The summed E-state index contributed by atoms with van der Waals surface area (Å²) in [6, 6.07) is 6.32. The fourth-order valence-electron chi connectivity index (χ4n) is 2.93. The Morgan fingerprint density at radius 3 is 2.32 bits per heavy atom. The first-order valence-corrected chi connectivity index (χ1v) is 10.0. The van der Waals surface area contributed by atoms with E-state index in [2.05, 4.69) is 5.32 Å². The number of nitrogens with one attached hydrogen (secondary N) is 1. The highest BCUT2D eigenvalue weighted by molar-refractivity contribution is 7.89. The summed E-state index contributed by atoms with van der Waals surface area (Å²) in [6.45, 7) is 3.61. The lowest BCUT2D eigenvalue weighted by molar-refractivity contribution is -0.135. The van der Waals surface area contributed by atoms with E-state index in [9.17, 15) is 18.0 Å². The molecule has 0 unspecified atom stereocenters. The van der Waals surface area contributed by atoms with Crippen LogP contribution in [0.15, 0.2) is 29.2 Å². The molecule has 1 aromatic carbocycles. The third kappa shape index (κ3) is 5.54. The van der Waals surface area contributed by atoms with E-state index in [1.54, 1.807) is 12.1 Å². The van der Waals surface area contributed by atoms with Gasteiger partial charge in [-0.2, -0.15) is 0 Å². The molecule has 1 aliphatic heterocycles. The Kier molecular flexibility index (Phi) is 6.55. The van der Waals surface area contributed by atoms with Crippen molar-refractivity contribution in [3.63, 3.8) is 0 Å². The predicted octanol–water partition coefficient (Wildman–Crippen LogP) is 0.641. The summed E-state index contributed by atoms with van der Waals surface area (Å²) in [5, 5.41) is 7.98. The molecule has 0 spiro atoms. The Bertz CT molecular complexity index is 708. The van der Waals surface area contributed by atoms with Crippen LogP contribution < -0.4 is 10.5 Å². The lowest BCUT2D eigenvalue weighted by Crippen LogP contribution is -2.43. The standard InChI is InChI=1S/C17H25N3O4S/c1-2-16(21)20-11-8-14(9-12-20)17(22)19-10-7-13-3-5-15(6-4-13)25(18,23)24/h3-6,14H,2,7-12H2,1H3,(H,19,22)(H2,18,23,24). The van der Waals surface area contributed by atoms with Crippen molar-refractivity contribution < 1.29 is 18.0 Å². The van der Waals surface area contributed by atoms with Crippen LogP contribution in [0, 0.1) is 5.92 Å². The van der Waals surface area contributed by atoms with Crippen molar-refractivity contribution >= 4 is 21.8 Å². The van der Waals surface area contributed by atoms with Crippen LogP contribution in [0.4, 0.5) is 0 Å². The zero-order valence-electron chi connectivity index (χ0n) is 14.4. The second-order valence-electron chi connectivity index (χ2n) is 6.24. The maximum Gasteiger partial charge on any atom is 0.238 e. The minimum absolute atomic E-state index is 0.0183. The Morgan fingerprint density at radius 1 is 1.20 bits per heavy atom. The molecule has 0 aliphatic carbocycles. The average molecular weight is 367 g/mol. The van der Waals surface area contributed by atoms with Gasteiger partial charge in [-0.15, -0.1) is 0 Å². The van der Waals surface area contributed by atoms with Crippen LogP contribution in [-0.4, -0.2) is 44.8 Å².